The smallest absolute Gasteiger partial charge is 0.255 e. The normalized spacial score (nSPS) is 14.3. The van der Waals surface area contributed by atoms with Gasteiger partial charge in [-0.2, -0.15) is 0 Å². The largest absolute Gasteiger partial charge is 0.353 e. The summed E-state index contributed by atoms with van der Waals surface area (Å²) in [4.78, 5) is 32.2. The van der Waals surface area contributed by atoms with Gasteiger partial charge in [0.1, 0.15) is 5.82 Å². The van der Waals surface area contributed by atoms with Crippen LogP contribution in [0.25, 0.3) is 0 Å². The van der Waals surface area contributed by atoms with E-state index >= 15 is 0 Å². The SMILES string of the molecule is CC(=O)N1CCN(c2cc(C(=O)Nc3c(Cl)cccc3Cl)ccn2)CC1. The first kappa shape index (κ1) is 18.5. The number of piperazine rings is 1. The lowest BCUT2D eigenvalue weighted by Gasteiger charge is -2.35. The van der Waals surface area contributed by atoms with Crippen molar-refractivity contribution in [1.82, 2.24) is 9.88 Å². The molecule has 0 aliphatic carbocycles. The maximum Gasteiger partial charge on any atom is 0.255 e. The molecule has 6 nitrogen and oxygen atoms in total. The van der Waals surface area contributed by atoms with E-state index in [1.54, 1.807) is 48.4 Å². The van der Waals surface area contributed by atoms with Crippen LogP contribution in [0.15, 0.2) is 36.5 Å². The summed E-state index contributed by atoms with van der Waals surface area (Å²) in [6, 6.07) is 8.40. The standard InChI is InChI=1S/C18H18Cl2N4O2/c1-12(25)23-7-9-24(10-8-23)16-11-13(5-6-21-16)18(26)22-17-14(19)3-2-4-15(17)20/h2-6,11H,7-10H2,1H3,(H,22,26). The molecule has 136 valence electrons. The zero-order valence-electron chi connectivity index (χ0n) is 14.2. The lowest BCUT2D eigenvalue weighted by atomic mass is 10.2. The average molecular weight is 393 g/mol. The molecule has 2 heterocycles. The van der Waals surface area contributed by atoms with Crippen molar-refractivity contribution in [1.29, 1.82) is 0 Å². The van der Waals surface area contributed by atoms with Gasteiger partial charge in [-0.3, -0.25) is 9.59 Å². The highest BCUT2D eigenvalue weighted by Crippen LogP contribution is 2.30. The Morgan fingerprint density at radius 1 is 1.08 bits per heavy atom. The molecule has 2 amide bonds. The Morgan fingerprint density at radius 2 is 1.73 bits per heavy atom. The Balaban J connectivity index is 1.73. The highest BCUT2D eigenvalue weighted by molar-refractivity contribution is 6.40. The number of amides is 2. The van der Waals surface area contributed by atoms with Crippen LogP contribution in [0.1, 0.15) is 17.3 Å². The van der Waals surface area contributed by atoms with Gasteiger partial charge in [-0.05, 0) is 24.3 Å². The number of anilines is 2. The molecule has 1 aliphatic rings. The number of carbonyl (C=O) groups excluding carboxylic acids is 2. The molecule has 1 fully saturated rings. The Bertz CT molecular complexity index is 815. The molecule has 2 aromatic rings. The highest BCUT2D eigenvalue weighted by atomic mass is 35.5. The maximum absolute atomic E-state index is 12.6. The van der Waals surface area contributed by atoms with Gasteiger partial charge >= 0.3 is 0 Å². The second kappa shape index (κ2) is 7.93. The van der Waals surface area contributed by atoms with Crippen LogP contribution in [0, 0.1) is 0 Å². The van der Waals surface area contributed by atoms with E-state index in [2.05, 4.69) is 15.2 Å². The van der Waals surface area contributed by atoms with Crippen molar-refractivity contribution in [2.45, 2.75) is 6.92 Å². The summed E-state index contributed by atoms with van der Waals surface area (Å²) in [7, 11) is 0. The predicted octanol–water partition coefficient (Wildman–Crippen LogP) is 3.31. The van der Waals surface area contributed by atoms with E-state index in [1.165, 1.54) is 0 Å². The molecule has 3 rings (SSSR count). The summed E-state index contributed by atoms with van der Waals surface area (Å²) in [5.41, 5.74) is 0.842. The van der Waals surface area contributed by atoms with Crippen molar-refractivity contribution < 1.29 is 9.59 Å². The number of aromatic nitrogens is 1. The summed E-state index contributed by atoms with van der Waals surface area (Å²) < 4.78 is 0. The average Bonchev–Trinajstić information content (AvgIpc) is 2.65. The molecule has 1 N–H and O–H groups in total. The minimum Gasteiger partial charge on any atom is -0.353 e. The fourth-order valence-corrected chi connectivity index (χ4v) is 3.28. The number of pyridine rings is 1. The number of rotatable bonds is 3. The molecule has 1 saturated heterocycles. The van der Waals surface area contributed by atoms with E-state index in [1.807, 2.05) is 0 Å². The first-order chi connectivity index (χ1) is 12.5. The van der Waals surface area contributed by atoms with Crippen LogP contribution in [0.3, 0.4) is 0 Å². The first-order valence-corrected chi connectivity index (χ1v) is 8.93. The van der Waals surface area contributed by atoms with Crippen molar-refractivity contribution >= 4 is 46.5 Å². The van der Waals surface area contributed by atoms with Crippen LogP contribution in [0.2, 0.25) is 10.0 Å². The number of nitrogens with zero attached hydrogens (tertiary/aromatic N) is 3. The Labute approximate surface area is 161 Å². The molecular formula is C18H18Cl2N4O2. The number of para-hydroxylation sites is 1. The summed E-state index contributed by atoms with van der Waals surface area (Å²) in [6.45, 7) is 4.20. The molecule has 0 unspecified atom stereocenters. The summed E-state index contributed by atoms with van der Waals surface area (Å²) in [5.74, 6) is 0.458. The van der Waals surface area contributed by atoms with Gasteiger partial charge in [0.15, 0.2) is 0 Å². The quantitative estimate of drug-likeness (QED) is 0.869. The third-order valence-corrected chi connectivity index (χ3v) is 4.89. The maximum atomic E-state index is 12.6. The first-order valence-electron chi connectivity index (χ1n) is 8.17. The van der Waals surface area contributed by atoms with Crippen molar-refractivity contribution in [3.05, 3.63) is 52.1 Å². The van der Waals surface area contributed by atoms with Crippen molar-refractivity contribution in [2.75, 3.05) is 36.4 Å². The predicted molar refractivity (Wildman–Crippen MR) is 103 cm³/mol. The zero-order valence-corrected chi connectivity index (χ0v) is 15.7. The van der Waals surface area contributed by atoms with E-state index < -0.39 is 0 Å². The molecule has 8 heteroatoms. The molecule has 1 aliphatic heterocycles. The van der Waals surface area contributed by atoms with E-state index in [0.717, 1.165) is 0 Å². The lowest BCUT2D eigenvalue weighted by Crippen LogP contribution is -2.48. The minimum atomic E-state index is -0.314. The molecule has 1 aromatic heterocycles. The topological polar surface area (TPSA) is 65.5 Å². The zero-order chi connectivity index (χ0) is 18.7. The number of halogens is 2. The number of hydrogen-bond acceptors (Lipinski definition) is 4. The number of benzene rings is 1. The molecule has 0 radical (unpaired) electrons. The van der Waals surface area contributed by atoms with Crippen molar-refractivity contribution in [3.63, 3.8) is 0 Å². The second-order valence-corrected chi connectivity index (χ2v) is 6.76. The summed E-state index contributed by atoms with van der Waals surface area (Å²) >= 11 is 12.2. The molecule has 0 atom stereocenters. The van der Waals surface area contributed by atoms with Gasteiger partial charge in [-0.15, -0.1) is 0 Å². The van der Waals surface area contributed by atoms with Gasteiger partial charge in [-0.1, -0.05) is 29.3 Å². The van der Waals surface area contributed by atoms with Crippen LogP contribution in [-0.2, 0) is 4.79 Å². The third kappa shape index (κ3) is 4.08. The molecule has 26 heavy (non-hydrogen) atoms. The molecule has 0 spiro atoms. The van der Waals surface area contributed by atoms with Gasteiger partial charge in [0.25, 0.3) is 5.91 Å². The Kier molecular flexibility index (Phi) is 5.64. The summed E-state index contributed by atoms with van der Waals surface area (Å²) in [5, 5.41) is 3.50. The molecular weight excluding hydrogens is 375 g/mol. The van der Waals surface area contributed by atoms with Crippen LogP contribution in [-0.4, -0.2) is 47.9 Å². The highest BCUT2D eigenvalue weighted by Gasteiger charge is 2.20. The van der Waals surface area contributed by atoms with E-state index in [-0.39, 0.29) is 11.8 Å². The van der Waals surface area contributed by atoms with E-state index in [4.69, 9.17) is 23.2 Å². The fourth-order valence-electron chi connectivity index (χ4n) is 2.79. The van der Waals surface area contributed by atoms with Gasteiger partial charge < -0.3 is 15.1 Å². The van der Waals surface area contributed by atoms with Crippen LogP contribution in [0.4, 0.5) is 11.5 Å². The second-order valence-electron chi connectivity index (χ2n) is 5.95. The monoisotopic (exact) mass is 392 g/mol. The van der Waals surface area contributed by atoms with Crippen molar-refractivity contribution in [2.24, 2.45) is 0 Å². The number of hydrogen-bond donors (Lipinski definition) is 1. The van der Waals surface area contributed by atoms with E-state index in [0.29, 0.717) is 53.3 Å². The Hall–Kier alpha value is -2.31. The molecule has 0 saturated carbocycles. The van der Waals surface area contributed by atoms with Gasteiger partial charge in [-0.25, -0.2) is 4.98 Å². The number of carbonyl (C=O) groups is 2. The Morgan fingerprint density at radius 3 is 2.35 bits per heavy atom. The minimum absolute atomic E-state index is 0.0716. The third-order valence-electron chi connectivity index (χ3n) is 4.26. The fraction of sp³-hybridized carbons (Fsp3) is 0.278. The van der Waals surface area contributed by atoms with E-state index in [9.17, 15) is 9.59 Å². The van der Waals surface area contributed by atoms with Crippen LogP contribution < -0.4 is 10.2 Å². The molecule has 1 aromatic carbocycles. The van der Waals surface area contributed by atoms with Crippen LogP contribution >= 0.6 is 23.2 Å². The van der Waals surface area contributed by atoms with Crippen LogP contribution in [0.5, 0.6) is 0 Å². The van der Waals surface area contributed by atoms with Gasteiger partial charge in [0.05, 0.1) is 15.7 Å². The van der Waals surface area contributed by atoms with Gasteiger partial charge in [0, 0.05) is 44.9 Å². The lowest BCUT2D eigenvalue weighted by molar-refractivity contribution is -0.129. The van der Waals surface area contributed by atoms with Gasteiger partial charge in [0.2, 0.25) is 5.91 Å². The molecule has 0 bridgehead atoms. The van der Waals surface area contributed by atoms with Crippen molar-refractivity contribution in [3.8, 4) is 0 Å². The summed E-state index contributed by atoms with van der Waals surface area (Å²) in [6.07, 6.45) is 1.59. The number of nitrogens with one attached hydrogen (secondary N) is 1.